The number of aromatic nitrogens is 4. The van der Waals surface area contributed by atoms with Crippen molar-refractivity contribution < 1.29 is 13.5 Å². The van der Waals surface area contributed by atoms with Gasteiger partial charge in [-0.15, -0.1) is 0 Å². The van der Waals surface area contributed by atoms with Crippen molar-refractivity contribution in [1.82, 2.24) is 19.9 Å². The van der Waals surface area contributed by atoms with Crippen LogP contribution in [0.25, 0.3) is 22.4 Å². The van der Waals surface area contributed by atoms with Crippen molar-refractivity contribution in [2.75, 3.05) is 24.6 Å². The zero-order valence-electron chi connectivity index (χ0n) is 14.4. The highest BCUT2D eigenvalue weighted by Crippen LogP contribution is 2.29. The number of anilines is 1. The monoisotopic (exact) mass is 357 g/mol. The summed E-state index contributed by atoms with van der Waals surface area (Å²) in [5.74, 6) is -0.909. The quantitative estimate of drug-likeness (QED) is 0.703. The number of ether oxygens (including phenoxy) is 1. The molecule has 2 aromatic heterocycles. The summed E-state index contributed by atoms with van der Waals surface area (Å²) in [5, 5.41) is 0. The van der Waals surface area contributed by atoms with Crippen molar-refractivity contribution in [2.24, 2.45) is 0 Å². The molecule has 1 unspecified atom stereocenters. The van der Waals surface area contributed by atoms with E-state index in [0.29, 0.717) is 48.2 Å². The van der Waals surface area contributed by atoms with Crippen LogP contribution in [0, 0.1) is 18.6 Å². The number of benzene rings is 1. The van der Waals surface area contributed by atoms with Crippen LogP contribution < -0.4 is 4.90 Å². The molecule has 0 N–H and O–H groups in total. The number of fused-ring (bicyclic) bond motifs is 1. The lowest BCUT2D eigenvalue weighted by Crippen LogP contribution is -2.42. The van der Waals surface area contributed by atoms with Crippen LogP contribution in [0.4, 0.5) is 14.7 Å². The molecule has 0 aliphatic carbocycles. The number of nitrogens with zero attached hydrogens (tertiary/aromatic N) is 5. The van der Waals surface area contributed by atoms with Gasteiger partial charge in [-0.05, 0) is 26.0 Å². The van der Waals surface area contributed by atoms with Gasteiger partial charge in [0, 0.05) is 30.9 Å². The Hall–Kier alpha value is -2.74. The first-order valence-electron chi connectivity index (χ1n) is 8.34. The summed E-state index contributed by atoms with van der Waals surface area (Å²) in [7, 11) is 0. The van der Waals surface area contributed by atoms with Gasteiger partial charge < -0.3 is 9.64 Å². The molecule has 0 radical (unpaired) electrons. The first-order chi connectivity index (χ1) is 12.5. The summed E-state index contributed by atoms with van der Waals surface area (Å²) in [6.45, 7) is 5.58. The minimum absolute atomic E-state index is 0.0395. The average Bonchev–Trinajstić information content (AvgIpc) is 2.60. The Kier molecular flexibility index (Phi) is 4.20. The second-order valence-corrected chi connectivity index (χ2v) is 6.31. The topological polar surface area (TPSA) is 64.0 Å². The molecule has 134 valence electrons. The molecule has 6 nitrogen and oxygen atoms in total. The molecule has 26 heavy (non-hydrogen) atoms. The lowest BCUT2D eigenvalue weighted by atomic mass is 10.1. The van der Waals surface area contributed by atoms with Gasteiger partial charge in [-0.3, -0.25) is 0 Å². The highest BCUT2D eigenvalue weighted by molar-refractivity contribution is 5.88. The maximum Gasteiger partial charge on any atom is 0.228 e. The maximum absolute atomic E-state index is 14.4. The second kappa shape index (κ2) is 6.53. The van der Waals surface area contributed by atoms with E-state index in [1.54, 1.807) is 6.20 Å². The minimum Gasteiger partial charge on any atom is -0.375 e. The summed E-state index contributed by atoms with van der Waals surface area (Å²) in [6.07, 6.45) is 1.62. The van der Waals surface area contributed by atoms with Gasteiger partial charge in [0.1, 0.15) is 22.8 Å². The molecule has 0 spiro atoms. The molecular formula is C18H17F2N5O. The second-order valence-electron chi connectivity index (χ2n) is 6.31. The first-order valence-corrected chi connectivity index (χ1v) is 8.34. The van der Waals surface area contributed by atoms with Crippen LogP contribution in [0.1, 0.15) is 12.6 Å². The minimum atomic E-state index is -0.700. The zero-order valence-corrected chi connectivity index (χ0v) is 14.4. The summed E-state index contributed by atoms with van der Waals surface area (Å²) < 4.78 is 33.3. The van der Waals surface area contributed by atoms with E-state index in [2.05, 4.69) is 19.9 Å². The molecule has 0 amide bonds. The average molecular weight is 357 g/mol. The van der Waals surface area contributed by atoms with Crippen LogP contribution in [-0.2, 0) is 4.74 Å². The van der Waals surface area contributed by atoms with Gasteiger partial charge in [0.25, 0.3) is 0 Å². The number of hydrogen-bond donors (Lipinski definition) is 0. The molecule has 3 aromatic rings. The summed E-state index contributed by atoms with van der Waals surface area (Å²) in [6, 6.07) is 3.39. The molecule has 8 heteroatoms. The number of aryl methyl sites for hydroxylation is 1. The number of morpholine rings is 1. The Bertz CT molecular complexity index is 981. The van der Waals surface area contributed by atoms with Crippen LogP contribution in [-0.4, -0.2) is 45.7 Å². The first kappa shape index (κ1) is 16.7. The van der Waals surface area contributed by atoms with Gasteiger partial charge in [0.2, 0.25) is 5.95 Å². The number of rotatable bonds is 2. The Labute approximate surface area is 148 Å². The summed E-state index contributed by atoms with van der Waals surface area (Å²) >= 11 is 0. The van der Waals surface area contributed by atoms with Crippen LogP contribution in [0.15, 0.2) is 24.4 Å². The van der Waals surface area contributed by atoms with Crippen molar-refractivity contribution in [3.8, 4) is 11.3 Å². The lowest BCUT2D eigenvalue weighted by molar-refractivity contribution is 0.0526. The summed E-state index contributed by atoms with van der Waals surface area (Å²) in [5.41, 5.74) is 1.93. The van der Waals surface area contributed by atoms with E-state index in [4.69, 9.17) is 4.74 Å². The van der Waals surface area contributed by atoms with E-state index in [1.165, 1.54) is 12.1 Å². The summed E-state index contributed by atoms with van der Waals surface area (Å²) in [4.78, 5) is 19.8. The normalized spacial score (nSPS) is 17.7. The highest BCUT2D eigenvalue weighted by atomic mass is 19.1. The fourth-order valence-corrected chi connectivity index (χ4v) is 2.99. The van der Waals surface area contributed by atoms with Crippen molar-refractivity contribution in [2.45, 2.75) is 20.0 Å². The van der Waals surface area contributed by atoms with Gasteiger partial charge in [-0.1, -0.05) is 0 Å². The standard InChI is InChI=1S/C18H17F2N5O/c1-10-8-21-16-15(13-4-3-12(19)7-14(13)20)23-18(24-17(16)22-10)25-5-6-26-11(2)9-25/h3-4,7-8,11H,5-6,9H2,1-2H3. The molecular weight excluding hydrogens is 340 g/mol. The van der Waals surface area contributed by atoms with E-state index in [9.17, 15) is 8.78 Å². The van der Waals surface area contributed by atoms with Gasteiger partial charge in [0.05, 0.1) is 18.4 Å². The van der Waals surface area contributed by atoms with Crippen molar-refractivity contribution >= 4 is 17.1 Å². The Morgan fingerprint density at radius 2 is 2.04 bits per heavy atom. The largest absolute Gasteiger partial charge is 0.375 e. The fraction of sp³-hybridized carbons (Fsp3) is 0.333. The highest BCUT2D eigenvalue weighted by Gasteiger charge is 2.23. The smallest absolute Gasteiger partial charge is 0.228 e. The SMILES string of the molecule is Cc1cnc2c(-c3ccc(F)cc3F)nc(N3CCOC(C)C3)nc2n1. The Balaban J connectivity index is 1.92. The third kappa shape index (κ3) is 3.08. The third-order valence-electron chi connectivity index (χ3n) is 4.23. The van der Waals surface area contributed by atoms with Crippen molar-refractivity contribution in [3.63, 3.8) is 0 Å². The molecule has 0 bridgehead atoms. The van der Waals surface area contributed by atoms with Gasteiger partial charge in [-0.2, -0.15) is 4.98 Å². The van der Waals surface area contributed by atoms with E-state index in [0.717, 1.165) is 6.07 Å². The van der Waals surface area contributed by atoms with E-state index < -0.39 is 11.6 Å². The molecule has 0 saturated carbocycles. The maximum atomic E-state index is 14.4. The molecule has 1 saturated heterocycles. The lowest BCUT2D eigenvalue weighted by Gasteiger charge is -2.31. The van der Waals surface area contributed by atoms with Gasteiger partial charge >= 0.3 is 0 Å². The molecule has 1 fully saturated rings. The van der Waals surface area contributed by atoms with E-state index >= 15 is 0 Å². The van der Waals surface area contributed by atoms with Crippen LogP contribution in [0.3, 0.4) is 0 Å². The predicted molar refractivity (Wildman–Crippen MR) is 92.8 cm³/mol. The van der Waals surface area contributed by atoms with E-state index in [1.807, 2.05) is 18.7 Å². The molecule has 1 aromatic carbocycles. The number of hydrogen-bond acceptors (Lipinski definition) is 6. The predicted octanol–water partition coefficient (Wildman–Crippen LogP) is 2.90. The van der Waals surface area contributed by atoms with Gasteiger partial charge in [-0.25, -0.2) is 23.7 Å². The molecule has 1 aliphatic heterocycles. The van der Waals surface area contributed by atoms with Crippen LogP contribution >= 0.6 is 0 Å². The fourth-order valence-electron chi connectivity index (χ4n) is 2.99. The number of halogens is 2. The van der Waals surface area contributed by atoms with Crippen molar-refractivity contribution in [1.29, 1.82) is 0 Å². The van der Waals surface area contributed by atoms with E-state index in [-0.39, 0.29) is 11.7 Å². The molecule has 1 aliphatic rings. The molecule has 3 heterocycles. The Morgan fingerprint density at radius 3 is 2.81 bits per heavy atom. The molecule has 1 atom stereocenters. The van der Waals surface area contributed by atoms with Crippen LogP contribution in [0.5, 0.6) is 0 Å². The van der Waals surface area contributed by atoms with Crippen LogP contribution in [0.2, 0.25) is 0 Å². The molecule has 4 rings (SSSR count). The zero-order chi connectivity index (χ0) is 18.3. The van der Waals surface area contributed by atoms with Gasteiger partial charge in [0.15, 0.2) is 5.65 Å². The third-order valence-corrected chi connectivity index (χ3v) is 4.23. The Morgan fingerprint density at radius 1 is 1.19 bits per heavy atom. The van der Waals surface area contributed by atoms with Crippen molar-refractivity contribution in [3.05, 3.63) is 41.7 Å².